The molecular formula is C26H25Cl2Zr. The summed E-state index contributed by atoms with van der Waals surface area (Å²) in [4.78, 5) is 0. The molecule has 0 heterocycles. The Labute approximate surface area is 206 Å². The van der Waals surface area contributed by atoms with Gasteiger partial charge < -0.3 is 24.8 Å². The zero-order valence-electron chi connectivity index (χ0n) is 17.3. The predicted octanol–water partition coefficient (Wildman–Crippen LogP) is 1.50. The number of halogens is 2. The average Bonchev–Trinajstić information content (AvgIpc) is 3.06. The van der Waals surface area contributed by atoms with Gasteiger partial charge >= 0.3 is 26.2 Å². The van der Waals surface area contributed by atoms with Gasteiger partial charge in [-0.3, -0.25) is 0 Å². The van der Waals surface area contributed by atoms with Crippen LogP contribution in [0.2, 0.25) is 0 Å². The Hall–Kier alpha value is -1.27. The van der Waals surface area contributed by atoms with Crippen LogP contribution in [-0.4, -0.2) is 0 Å². The van der Waals surface area contributed by atoms with Gasteiger partial charge in [0.05, 0.1) is 0 Å². The van der Waals surface area contributed by atoms with E-state index < -0.39 is 0 Å². The summed E-state index contributed by atoms with van der Waals surface area (Å²) < 4.78 is 0. The van der Waals surface area contributed by atoms with Crippen molar-refractivity contribution in [1.82, 2.24) is 0 Å². The molecule has 0 unspecified atom stereocenters. The van der Waals surface area contributed by atoms with E-state index in [0.29, 0.717) is 0 Å². The van der Waals surface area contributed by atoms with Crippen LogP contribution in [0.1, 0.15) is 31.9 Å². The summed E-state index contributed by atoms with van der Waals surface area (Å²) in [6.45, 7) is 9.12. The summed E-state index contributed by atoms with van der Waals surface area (Å²) in [5, 5.41) is 2.67. The van der Waals surface area contributed by atoms with Gasteiger partial charge in [0.25, 0.3) is 0 Å². The van der Waals surface area contributed by atoms with Gasteiger partial charge in [-0.1, -0.05) is 87.0 Å². The van der Waals surface area contributed by atoms with Crippen molar-refractivity contribution in [3.63, 3.8) is 0 Å². The van der Waals surface area contributed by atoms with E-state index in [9.17, 15) is 0 Å². The Morgan fingerprint density at radius 2 is 1.38 bits per heavy atom. The summed E-state index contributed by atoms with van der Waals surface area (Å²) >= 11 is 0. The number of aryl methyl sites for hydroxylation is 1. The number of benzene rings is 3. The van der Waals surface area contributed by atoms with E-state index in [0.717, 1.165) is 0 Å². The summed E-state index contributed by atoms with van der Waals surface area (Å²) in [6, 6.07) is 28.7. The van der Waals surface area contributed by atoms with Crippen molar-refractivity contribution in [3.05, 3.63) is 90.0 Å². The summed E-state index contributed by atoms with van der Waals surface area (Å²) in [7, 11) is 0. The summed E-state index contributed by atoms with van der Waals surface area (Å²) in [5.41, 5.74) is 8.12. The molecule has 0 amide bonds. The molecule has 0 aromatic heterocycles. The van der Waals surface area contributed by atoms with Gasteiger partial charge in [-0.05, 0) is 34.6 Å². The van der Waals surface area contributed by atoms with Crippen molar-refractivity contribution < 1.29 is 51.0 Å². The van der Waals surface area contributed by atoms with Crippen LogP contribution in [0.25, 0.3) is 33.0 Å². The third-order valence-corrected chi connectivity index (χ3v) is 5.22. The third-order valence-electron chi connectivity index (χ3n) is 5.22. The zero-order chi connectivity index (χ0) is 18.3. The fraction of sp³-hybridized carbons (Fsp3) is 0.192. The van der Waals surface area contributed by atoms with E-state index in [2.05, 4.69) is 107 Å². The monoisotopic (exact) mass is 497 g/mol. The topological polar surface area (TPSA) is 0 Å². The normalized spacial score (nSPS) is 10.6. The fourth-order valence-electron chi connectivity index (χ4n) is 3.85. The van der Waals surface area contributed by atoms with Crippen LogP contribution in [-0.2, 0) is 31.6 Å². The molecule has 147 valence electrons. The molecule has 0 bridgehead atoms. The standard InChI is InChI=1S/C26H25.2ClH.Zr/c1-18-10-8-9-13-22(18)25-23-17-21(19-11-6-5-7-12-19)16-20(23)14-15-24(25)26(2,3)4;;;/h5-17H,1-4H3;2*1H;/q-1;;;+3/p-2. The second kappa shape index (κ2) is 10.2. The Bertz CT molecular complexity index is 1070. The largest absolute Gasteiger partial charge is 3.00 e. The maximum atomic E-state index is 2.36. The van der Waals surface area contributed by atoms with Crippen molar-refractivity contribution >= 4 is 10.8 Å². The first kappa shape index (κ1) is 25.8. The van der Waals surface area contributed by atoms with Crippen LogP contribution >= 0.6 is 0 Å². The van der Waals surface area contributed by atoms with Gasteiger partial charge in [0.1, 0.15) is 0 Å². The Kier molecular flexibility index (Phi) is 9.03. The molecule has 29 heavy (non-hydrogen) atoms. The number of rotatable bonds is 2. The Morgan fingerprint density at radius 1 is 0.759 bits per heavy atom. The number of hydrogen-bond acceptors (Lipinski definition) is 0. The first-order chi connectivity index (χ1) is 12.4. The van der Waals surface area contributed by atoms with Crippen molar-refractivity contribution in [2.24, 2.45) is 0 Å². The summed E-state index contributed by atoms with van der Waals surface area (Å²) in [5.74, 6) is 0. The Balaban J connectivity index is 0.00000140. The molecule has 0 aliphatic carbocycles. The first-order valence-electron chi connectivity index (χ1n) is 9.30. The van der Waals surface area contributed by atoms with Crippen LogP contribution < -0.4 is 24.8 Å². The SMILES string of the molecule is Cc1ccccc1-c1c(C(C)(C)C)ccc2[cH-]c(-c3ccccc3)cc12.[Cl-].[Cl-].[Zr+3]. The fourth-order valence-corrected chi connectivity index (χ4v) is 3.85. The smallest absolute Gasteiger partial charge is 1.00 e. The molecule has 0 fully saturated rings. The third kappa shape index (κ3) is 5.08. The van der Waals surface area contributed by atoms with Crippen LogP contribution in [0.3, 0.4) is 0 Å². The van der Waals surface area contributed by atoms with Crippen molar-refractivity contribution in [2.45, 2.75) is 33.1 Å². The van der Waals surface area contributed by atoms with E-state index >= 15 is 0 Å². The van der Waals surface area contributed by atoms with Crippen LogP contribution in [0.15, 0.2) is 78.9 Å². The molecule has 0 aliphatic rings. The molecular weight excluding hydrogens is 474 g/mol. The van der Waals surface area contributed by atoms with Gasteiger partial charge in [0.2, 0.25) is 0 Å². The first-order valence-corrected chi connectivity index (χ1v) is 9.30. The van der Waals surface area contributed by atoms with Gasteiger partial charge in [-0.15, -0.1) is 34.5 Å². The molecule has 0 spiro atoms. The van der Waals surface area contributed by atoms with Crippen LogP contribution in [0, 0.1) is 6.92 Å². The molecule has 1 radical (unpaired) electrons. The van der Waals surface area contributed by atoms with E-state index in [1.165, 1.54) is 44.2 Å². The molecule has 4 aromatic rings. The van der Waals surface area contributed by atoms with E-state index in [1.807, 2.05) is 0 Å². The molecule has 0 N–H and O–H groups in total. The van der Waals surface area contributed by atoms with Crippen LogP contribution in [0.5, 0.6) is 0 Å². The van der Waals surface area contributed by atoms with Crippen molar-refractivity contribution in [1.29, 1.82) is 0 Å². The van der Waals surface area contributed by atoms with E-state index in [4.69, 9.17) is 0 Å². The minimum Gasteiger partial charge on any atom is -1.00 e. The number of hydrogen-bond donors (Lipinski definition) is 0. The molecule has 0 atom stereocenters. The molecule has 0 saturated heterocycles. The molecule has 0 nitrogen and oxygen atoms in total. The Morgan fingerprint density at radius 3 is 2.00 bits per heavy atom. The second-order valence-electron chi connectivity index (χ2n) is 8.17. The minimum absolute atomic E-state index is 0. The molecule has 4 aromatic carbocycles. The van der Waals surface area contributed by atoms with Crippen molar-refractivity contribution in [3.8, 4) is 22.3 Å². The molecule has 3 heteroatoms. The van der Waals surface area contributed by atoms with E-state index in [1.54, 1.807) is 0 Å². The molecule has 0 saturated carbocycles. The van der Waals surface area contributed by atoms with Gasteiger partial charge in [-0.25, -0.2) is 0 Å². The average molecular weight is 500 g/mol. The molecule has 4 rings (SSSR count). The second-order valence-corrected chi connectivity index (χ2v) is 8.17. The van der Waals surface area contributed by atoms with Crippen LogP contribution in [0.4, 0.5) is 0 Å². The quantitative estimate of drug-likeness (QED) is 0.367. The number of fused-ring (bicyclic) bond motifs is 1. The zero-order valence-corrected chi connectivity index (χ0v) is 21.2. The maximum Gasteiger partial charge on any atom is 3.00 e. The van der Waals surface area contributed by atoms with Gasteiger partial charge in [0, 0.05) is 0 Å². The van der Waals surface area contributed by atoms with Gasteiger partial charge in [0.15, 0.2) is 0 Å². The minimum atomic E-state index is 0. The van der Waals surface area contributed by atoms with Gasteiger partial charge in [-0.2, -0.15) is 0 Å². The van der Waals surface area contributed by atoms with E-state index in [-0.39, 0.29) is 56.4 Å². The summed E-state index contributed by atoms with van der Waals surface area (Å²) in [6.07, 6.45) is 0. The van der Waals surface area contributed by atoms with Crippen molar-refractivity contribution in [2.75, 3.05) is 0 Å². The predicted molar refractivity (Wildman–Crippen MR) is 114 cm³/mol. The maximum absolute atomic E-state index is 2.36. The molecule has 0 aliphatic heterocycles.